The lowest BCUT2D eigenvalue weighted by atomic mass is 10.1. The highest BCUT2D eigenvalue weighted by Gasteiger charge is 2.15. The van der Waals surface area contributed by atoms with E-state index in [9.17, 15) is 4.39 Å². The maximum absolute atomic E-state index is 13.1. The second-order valence-electron chi connectivity index (χ2n) is 5.62. The lowest BCUT2D eigenvalue weighted by Crippen LogP contribution is -2.42. The molecule has 2 rings (SSSR count). The van der Waals surface area contributed by atoms with Crippen LogP contribution in [0.3, 0.4) is 0 Å². The molecular weight excluding hydrogens is 265 g/mol. The first kappa shape index (κ1) is 15.8. The SMILES string of the molecule is CCNC(=NCCCc1cccc(F)c1)NC1CCCC1. The Morgan fingerprint density at radius 2 is 2.14 bits per heavy atom. The Balaban J connectivity index is 1.76. The smallest absolute Gasteiger partial charge is 0.191 e. The van der Waals surface area contributed by atoms with Gasteiger partial charge in [0.1, 0.15) is 5.82 Å². The molecule has 4 heteroatoms. The van der Waals surface area contributed by atoms with Crippen molar-refractivity contribution in [3.05, 3.63) is 35.6 Å². The summed E-state index contributed by atoms with van der Waals surface area (Å²) in [6.07, 6.45) is 6.92. The summed E-state index contributed by atoms with van der Waals surface area (Å²) in [6.45, 7) is 3.72. The van der Waals surface area contributed by atoms with E-state index in [2.05, 4.69) is 22.5 Å². The molecule has 1 saturated carbocycles. The molecule has 0 amide bonds. The third-order valence-electron chi connectivity index (χ3n) is 3.82. The van der Waals surface area contributed by atoms with Crippen molar-refractivity contribution in [3.63, 3.8) is 0 Å². The number of aliphatic imine (C=N–C) groups is 1. The number of benzene rings is 1. The van der Waals surface area contributed by atoms with Crippen molar-refractivity contribution in [2.75, 3.05) is 13.1 Å². The van der Waals surface area contributed by atoms with E-state index >= 15 is 0 Å². The predicted molar refractivity (Wildman–Crippen MR) is 86.1 cm³/mol. The number of guanidine groups is 1. The van der Waals surface area contributed by atoms with Crippen LogP contribution in [0.1, 0.15) is 44.6 Å². The van der Waals surface area contributed by atoms with Gasteiger partial charge in [0.25, 0.3) is 0 Å². The average Bonchev–Trinajstić information content (AvgIpc) is 2.97. The van der Waals surface area contributed by atoms with Crippen LogP contribution in [0.25, 0.3) is 0 Å². The van der Waals surface area contributed by atoms with Gasteiger partial charge >= 0.3 is 0 Å². The minimum absolute atomic E-state index is 0.160. The summed E-state index contributed by atoms with van der Waals surface area (Å²) < 4.78 is 13.1. The first-order chi connectivity index (χ1) is 10.3. The fraction of sp³-hybridized carbons (Fsp3) is 0.588. The predicted octanol–water partition coefficient (Wildman–Crippen LogP) is 3.26. The zero-order chi connectivity index (χ0) is 14.9. The molecule has 0 unspecified atom stereocenters. The van der Waals surface area contributed by atoms with E-state index in [4.69, 9.17) is 0 Å². The van der Waals surface area contributed by atoms with Crippen LogP contribution < -0.4 is 10.6 Å². The third kappa shape index (κ3) is 5.74. The Kier molecular flexibility index (Phi) is 6.51. The van der Waals surface area contributed by atoms with Gasteiger partial charge in [-0.05, 0) is 50.3 Å². The second kappa shape index (κ2) is 8.65. The monoisotopic (exact) mass is 291 g/mol. The summed E-state index contributed by atoms with van der Waals surface area (Å²) in [7, 11) is 0. The molecule has 2 N–H and O–H groups in total. The molecule has 0 aromatic heterocycles. The molecule has 0 bridgehead atoms. The zero-order valence-corrected chi connectivity index (χ0v) is 12.9. The molecule has 1 aromatic carbocycles. The van der Waals surface area contributed by atoms with Gasteiger partial charge in [-0.3, -0.25) is 4.99 Å². The van der Waals surface area contributed by atoms with Crippen LogP contribution in [0.5, 0.6) is 0 Å². The van der Waals surface area contributed by atoms with Gasteiger partial charge in [-0.1, -0.05) is 25.0 Å². The van der Waals surface area contributed by atoms with Crippen molar-refractivity contribution < 1.29 is 4.39 Å². The molecule has 0 radical (unpaired) electrons. The summed E-state index contributed by atoms with van der Waals surface area (Å²) >= 11 is 0. The Bertz CT molecular complexity index is 453. The van der Waals surface area contributed by atoms with Crippen molar-refractivity contribution in [1.29, 1.82) is 0 Å². The molecular formula is C17H26FN3. The molecule has 116 valence electrons. The largest absolute Gasteiger partial charge is 0.357 e. The standard InChI is InChI=1S/C17H26FN3/c1-2-19-17(21-16-10-3-4-11-16)20-12-6-8-14-7-5-9-15(18)13-14/h5,7,9,13,16H,2-4,6,8,10-12H2,1H3,(H2,19,20,21). The number of hydrogen-bond acceptors (Lipinski definition) is 1. The van der Waals surface area contributed by atoms with Gasteiger partial charge in [-0.25, -0.2) is 4.39 Å². The fourth-order valence-electron chi connectivity index (χ4n) is 2.75. The van der Waals surface area contributed by atoms with Gasteiger partial charge in [0.2, 0.25) is 0 Å². The average molecular weight is 291 g/mol. The Labute approximate surface area is 127 Å². The Morgan fingerprint density at radius 1 is 1.33 bits per heavy atom. The summed E-state index contributed by atoms with van der Waals surface area (Å²) in [5.41, 5.74) is 1.04. The van der Waals surface area contributed by atoms with E-state index in [-0.39, 0.29) is 5.82 Å². The molecule has 0 aliphatic heterocycles. The van der Waals surface area contributed by atoms with Crippen molar-refractivity contribution in [3.8, 4) is 0 Å². The van der Waals surface area contributed by atoms with Crippen LogP contribution in [0, 0.1) is 5.82 Å². The van der Waals surface area contributed by atoms with Gasteiger partial charge in [0.15, 0.2) is 5.96 Å². The Hall–Kier alpha value is -1.58. The van der Waals surface area contributed by atoms with Gasteiger partial charge < -0.3 is 10.6 Å². The van der Waals surface area contributed by atoms with E-state index in [1.54, 1.807) is 12.1 Å². The molecule has 1 aromatic rings. The van der Waals surface area contributed by atoms with Crippen molar-refractivity contribution in [1.82, 2.24) is 10.6 Å². The molecule has 1 aliphatic rings. The van der Waals surface area contributed by atoms with Crippen LogP contribution in [0.2, 0.25) is 0 Å². The van der Waals surface area contributed by atoms with E-state index in [0.717, 1.165) is 37.5 Å². The van der Waals surface area contributed by atoms with Gasteiger partial charge in [0, 0.05) is 19.1 Å². The van der Waals surface area contributed by atoms with Crippen LogP contribution in [0.15, 0.2) is 29.3 Å². The Morgan fingerprint density at radius 3 is 2.86 bits per heavy atom. The van der Waals surface area contributed by atoms with Crippen molar-refractivity contribution >= 4 is 5.96 Å². The highest BCUT2D eigenvalue weighted by Crippen LogP contribution is 2.17. The van der Waals surface area contributed by atoms with E-state index in [0.29, 0.717) is 6.04 Å². The lowest BCUT2D eigenvalue weighted by molar-refractivity contribution is 0.612. The normalized spacial score (nSPS) is 16.2. The molecule has 0 heterocycles. The molecule has 0 atom stereocenters. The first-order valence-electron chi connectivity index (χ1n) is 8.07. The quantitative estimate of drug-likeness (QED) is 0.479. The number of nitrogens with one attached hydrogen (secondary N) is 2. The van der Waals surface area contributed by atoms with Crippen LogP contribution in [0.4, 0.5) is 4.39 Å². The van der Waals surface area contributed by atoms with Gasteiger partial charge in [-0.15, -0.1) is 0 Å². The molecule has 21 heavy (non-hydrogen) atoms. The number of aryl methyl sites for hydroxylation is 1. The fourth-order valence-corrected chi connectivity index (χ4v) is 2.75. The van der Waals surface area contributed by atoms with E-state index in [1.165, 1.54) is 31.7 Å². The molecule has 1 aliphatic carbocycles. The lowest BCUT2D eigenvalue weighted by Gasteiger charge is -2.16. The van der Waals surface area contributed by atoms with Gasteiger partial charge in [-0.2, -0.15) is 0 Å². The zero-order valence-electron chi connectivity index (χ0n) is 12.9. The maximum atomic E-state index is 13.1. The van der Waals surface area contributed by atoms with Crippen LogP contribution >= 0.6 is 0 Å². The molecule has 3 nitrogen and oxygen atoms in total. The number of rotatable bonds is 6. The highest BCUT2D eigenvalue weighted by atomic mass is 19.1. The summed E-state index contributed by atoms with van der Waals surface area (Å²) in [5, 5.41) is 6.80. The summed E-state index contributed by atoms with van der Waals surface area (Å²) in [6, 6.07) is 7.39. The number of halogens is 1. The van der Waals surface area contributed by atoms with E-state index < -0.39 is 0 Å². The topological polar surface area (TPSA) is 36.4 Å². The molecule has 0 spiro atoms. The third-order valence-corrected chi connectivity index (χ3v) is 3.82. The summed E-state index contributed by atoms with van der Waals surface area (Å²) in [5.74, 6) is 0.760. The highest BCUT2D eigenvalue weighted by molar-refractivity contribution is 5.80. The second-order valence-corrected chi connectivity index (χ2v) is 5.62. The van der Waals surface area contributed by atoms with Crippen LogP contribution in [-0.4, -0.2) is 25.1 Å². The number of hydrogen-bond donors (Lipinski definition) is 2. The summed E-state index contributed by atoms with van der Waals surface area (Å²) in [4.78, 5) is 4.62. The van der Waals surface area contributed by atoms with Crippen LogP contribution in [-0.2, 0) is 6.42 Å². The molecule has 0 saturated heterocycles. The maximum Gasteiger partial charge on any atom is 0.191 e. The van der Waals surface area contributed by atoms with Gasteiger partial charge in [0.05, 0.1) is 0 Å². The van der Waals surface area contributed by atoms with Crippen molar-refractivity contribution in [2.45, 2.75) is 51.5 Å². The number of nitrogens with zero attached hydrogens (tertiary/aromatic N) is 1. The minimum atomic E-state index is -0.160. The van der Waals surface area contributed by atoms with Crippen molar-refractivity contribution in [2.24, 2.45) is 4.99 Å². The van der Waals surface area contributed by atoms with E-state index in [1.807, 2.05) is 6.07 Å². The first-order valence-corrected chi connectivity index (χ1v) is 8.07. The molecule has 1 fully saturated rings. The minimum Gasteiger partial charge on any atom is -0.357 e.